The summed E-state index contributed by atoms with van der Waals surface area (Å²) in [6.45, 7) is 4.53. The maximum absolute atomic E-state index is 13.9. The summed E-state index contributed by atoms with van der Waals surface area (Å²) in [5.41, 5.74) is 3.38. The fourth-order valence-electron chi connectivity index (χ4n) is 2.68. The number of aryl methyl sites for hydroxylation is 1. The minimum atomic E-state index is -0.293. The zero-order chi connectivity index (χ0) is 19.9. The molecule has 0 radical (unpaired) electrons. The van der Waals surface area contributed by atoms with E-state index in [0.717, 1.165) is 21.3 Å². The molecule has 144 valence electrons. The van der Waals surface area contributed by atoms with Gasteiger partial charge in [0.1, 0.15) is 12.4 Å². The Bertz CT molecular complexity index is 988. The summed E-state index contributed by atoms with van der Waals surface area (Å²) in [6.07, 6.45) is 1.79. The molecule has 0 bridgehead atoms. The molecule has 3 rings (SSSR count). The summed E-state index contributed by atoms with van der Waals surface area (Å²) in [5, 5.41) is 0. The van der Waals surface area contributed by atoms with Crippen molar-refractivity contribution in [3.63, 3.8) is 0 Å². The van der Waals surface area contributed by atoms with Crippen molar-refractivity contribution in [1.82, 2.24) is 0 Å². The van der Waals surface area contributed by atoms with Gasteiger partial charge in [-0.1, -0.05) is 36.4 Å². The highest BCUT2D eigenvalue weighted by atomic mass is 79.9. The number of hydrogen-bond donors (Lipinski definition) is 0. The van der Waals surface area contributed by atoms with Gasteiger partial charge in [0.2, 0.25) is 0 Å². The zero-order valence-electron chi connectivity index (χ0n) is 15.8. The first-order valence-corrected chi connectivity index (χ1v) is 9.80. The lowest BCUT2D eigenvalue weighted by Gasteiger charge is -2.15. The molecule has 0 aromatic heterocycles. The molecule has 28 heavy (non-hydrogen) atoms. The van der Waals surface area contributed by atoms with Gasteiger partial charge in [0, 0.05) is 11.8 Å². The molecule has 0 spiro atoms. The second kappa shape index (κ2) is 9.51. The molecule has 0 aliphatic rings. The maximum Gasteiger partial charge on any atom is 0.175 e. The zero-order valence-corrected chi connectivity index (χ0v) is 17.4. The van der Waals surface area contributed by atoms with Crippen LogP contribution < -0.4 is 9.47 Å². The highest BCUT2D eigenvalue weighted by Gasteiger charge is 2.13. The van der Waals surface area contributed by atoms with Crippen molar-refractivity contribution >= 4 is 27.8 Å². The van der Waals surface area contributed by atoms with E-state index in [0.29, 0.717) is 23.7 Å². The van der Waals surface area contributed by atoms with Crippen LogP contribution in [0, 0.1) is 12.7 Å². The number of hydrogen-bond acceptors (Lipinski definition) is 3. The third kappa shape index (κ3) is 4.98. The van der Waals surface area contributed by atoms with E-state index in [1.165, 1.54) is 6.07 Å². The topological polar surface area (TPSA) is 30.8 Å². The Morgan fingerprint density at radius 2 is 1.79 bits per heavy atom. The van der Waals surface area contributed by atoms with Crippen molar-refractivity contribution in [2.24, 2.45) is 4.99 Å². The molecule has 0 saturated carbocycles. The van der Waals surface area contributed by atoms with E-state index in [2.05, 4.69) is 20.9 Å². The Balaban J connectivity index is 1.85. The highest BCUT2D eigenvalue weighted by molar-refractivity contribution is 9.10. The maximum atomic E-state index is 13.9. The summed E-state index contributed by atoms with van der Waals surface area (Å²) in [5.74, 6) is 0.830. The molecule has 3 aromatic rings. The van der Waals surface area contributed by atoms with E-state index < -0.39 is 0 Å². The van der Waals surface area contributed by atoms with Crippen molar-refractivity contribution in [1.29, 1.82) is 0 Å². The smallest absolute Gasteiger partial charge is 0.175 e. The SMILES string of the molecule is CCOc1cc(C=Nc2ccccc2C)cc(Br)c1OCc1ccccc1F. The van der Waals surface area contributed by atoms with E-state index in [-0.39, 0.29) is 12.4 Å². The number of halogens is 2. The fourth-order valence-corrected chi connectivity index (χ4v) is 3.26. The van der Waals surface area contributed by atoms with Crippen molar-refractivity contribution in [2.45, 2.75) is 20.5 Å². The molecule has 3 nitrogen and oxygen atoms in total. The van der Waals surface area contributed by atoms with E-state index in [9.17, 15) is 4.39 Å². The van der Waals surface area contributed by atoms with E-state index >= 15 is 0 Å². The summed E-state index contributed by atoms with van der Waals surface area (Å²) >= 11 is 3.54. The van der Waals surface area contributed by atoms with Crippen LogP contribution in [0.1, 0.15) is 23.6 Å². The molecule has 0 fully saturated rings. The normalized spacial score (nSPS) is 11.0. The number of nitrogens with zero attached hydrogens (tertiary/aromatic N) is 1. The van der Waals surface area contributed by atoms with E-state index in [1.807, 2.05) is 50.2 Å². The van der Waals surface area contributed by atoms with E-state index in [4.69, 9.17) is 9.47 Å². The van der Waals surface area contributed by atoms with Gasteiger partial charge < -0.3 is 9.47 Å². The quantitative estimate of drug-likeness (QED) is 0.385. The third-order valence-electron chi connectivity index (χ3n) is 4.13. The van der Waals surface area contributed by atoms with Crippen LogP contribution in [0.3, 0.4) is 0 Å². The number of rotatable bonds is 7. The average Bonchev–Trinajstić information content (AvgIpc) is 2.68. The molecule has 0 N–H and O–H groups in total. The molecule has 0 atom stereocenters. The lowest BCUT2D eigenvalue weighted by molar-refractivity contribution is 0.264. The Morgan fingerprint density at radius 1 is 1.04 bits per heavy atom. The summed E-state index contributed by atoms with van der Waals surface area (Å²) in [6, 6.07) is 18.3. The van der Waals surface area contributed by atoms with Crippen LogP contribution in [0.2, 0.25) is 0 Å². The van der Waals surface area contributed by atoms with Crippen LogP contribution in [0.25, 0.3) is 0 Å². The predicted molar refractivity (Wildman–Crippen MR) is 114 cm³/mol. The van der Waals surface area contributed by atoms with Gasteiger partial charge in [0.25, 0.3) is 0 Å². The molecule has 0 heterocycles. The van der Waals surface area contributed by atoms with Crippen LogP contribution in [0.15, 0.2) is 70.1 Å². The number of ether oxygens (including phenoxy) is 2. The Hall–Kier alpha value is -2.66. The number of para-hydroxylation sites is 1. The van der Waals surface area contributed by atoms with Gasteiger partial charge in [-0.15, -0.1) is 0 Å². The van der Waals surface area contributed by atoms with E-state index in [1.54, 1.807) is 24.4 Å². The molecule has 3 aromatic carbocycles. The minimum Gasteiger partial charge on any atom is -0.490 e. The highest BCUT2D eigenvalue weighted by Crippen LogP contribution is 2.37. The van der Waals surface area contributed by atoms with Crippen LogP contribution in [0.5, 0.6) is 11.5 Å². The van der Waals surface area contributed by atoms with Crippen molar-refractivity contribution in [2.75, 3.05) is 6.61 Å². The van der Waals surface area contributed by atoms with Crippen LogP contribution in [-0.2, 0) is 6.61 Å². The summed E-state index contributed by atoms with van der Waals surface area (Å²) in [7, 11) is 0. The van der Waals surface area contributed by atoms with Crippen molar-refractivity contribution < 1.29 is 13.9 Å². The first-order valence-electron chi connectivity index (χ1n) is 9.00. The van der Waals surface area contributed by atoms with Gasteiger partial charge in [0.15, 0.2) is 11.5 Å². The van der Waals surface area contributed by atoms with Gasteiger partial charge in [-0.25, -0.2) is 4.39 Å². The Morgan fingerprint density at radius 3 is 2.54 bits per heavy atom. The third-order valence-corrected chi connectivity index (χ3v) is 4.72. The predicted octanol–water partition coefficient (Wildman–Crippen LogP) is 6.62. The Labute approximate surface area is 173 Å². The molecule has 0 unspecified atom stereocenters. The average molecular weight is 442 g/mol. The van der Waals surface area contributed by atoms with Crippen LogP contribution in [0.4, 0.5) is 10.1 Å². The number of aliphatic imine (C=N–C) groups is 1. The summed E-state index contributed by atoms with van der Waals surface area (Å²) in [4.78, 5) is 4.56. The standard InChI is InChI=1S/C23H21BrFNO2/c1-3-27-22-13-17(14-26-21-11-7-4-8-16(21)2)12-19(24)23(22)28-15-18-9-5-6-10-20(18)25/h4-14H,3,15H2,1-2H3. The molecule has 0 saturated heterocycles. The molecule has 5 heteroatoms. The first-order chi connectivity index (χ1) is 13.6. The number of benzene rings is 3. The lowest BCUT2D eigenvalue weighted by atomic mass is 10.2. The fraction of sp³-hybridized carbons (Fsp3) is 0.174. The van der Waals surface area contributed by atoms with Gasteiger partial charge in [0.05, 0.1) is 16.8 Å². The van der Waals surface area contributed by atoms with Crippen LogP contribution >= 0.6 is 15.9 Å². The second-order valence-electron chi connectivity index (χ2n) is 6.19. The van der Waals surface area contributed by atoms with Crippen molar-refractivity contribution in [3.8, 4) is 11.5 Å². The molecule has 0 aliphatic carbocycles. The van der Waals surface area contributed by atoms with Gasteiger partial charge in [-0.3, -0.25) is 4.99 Å². The lowest BCUT2D eigenvalue weighted by Crippen LogP contribution is -2.02. The van der Waals surface area contributed by atoms with Gasteiger partial charge in [-0.05, 0) is 65.2 Å². The minimum absolute atomic E-state index is 0.113. The summed E-state index contributed by atoms with van der Waals surface area (Å²) < 4.78 is 26.2. The van der Waals surface area contributed by atoms with Crippen molar-refractivity contribution in [3.05, 3.63) is 87.6 Å². The molecular formula is C23H21BrFNO2. The first kappa shape index (κ1) is 20.1. The Kier molecular flexibility index (Phi) is 6.82. The van der Waals surface area contributed by atoms with Crippen LogP contribution in [-0.4, -0.2) is 12.8 Å². The van der Waals surface area contributed by atoms with Gasteiger partial charge in [-0.2, -0.15) is 0 Å². The monoisotopic (exact) mass is 441 g/mol. The largest absolute Gasteiger partial charge is 0.490 e. The molecule has 0 aliphatic heterocycles. The van der Waals surface area contributed by atoms with Gasteiger partial charge >= 0.3 is 0 Å². The molecular weight excluding hydrogens is 421 g/mol. The molecule has 0 amide bonds. The second-order valence-corrected chi connectivity index (χ2v) is 7.04.